The first-order valence-electron chi connectivity index (χ1n) is 5.63. The van der Waals surface area contributed by atoms with Crippen molar-refractivity contribution < 1.29 is 18.5 Å². The summed E-state index contributed by atoms with van der Waals surface area (Å²) in [6.07, 6.45) is 0. The van der Waals surface area contributed by atoms with Crippen molar-refractivity contribution >= 4 is 28.4 Å². The van der Waals surface area contributed by atoms with Crippen molar-refractivity contribution in [3.63, 3.8) is 0 Å². The minimum absolute atomic E-state index is 0.0700. The first kappa shape index (κ1) is 14.7. The Morgan fingerprint density at radius 3 is 2.55 bits per heavy atom. The van der Waals surface area contributed by atoms with Crippen molar-refractivity contribution in [2.45, 2.75) is 10.6 Å². The van der Waals surface area contributed by atoms with Gasteiger partial charge in [-0.3, -0.25) is 4.21 Å². The Labute approximate surface area is 122 Å². The lowest BCUT2D eigenvalue weighted by Gasteiger charge is -2.06. The lowest BCUT2D eigenvalue weighted by atomic mass is 10.1. The molecule has 1 N–H and O–H groups in total. The molecule has 0 bridgehead atoms. The van der Waals surface area contributed by atoms with Gasteiger partial charge >= 0.3 is 5.97 Å². The summed E-state index contributed by atoms with van der Waals surface area (Å²) >= 11 is 5.94. The highest BCUT2D eigenvalue weighted by molar-refractivity contribution is 7.84. The summed E-state index contributed by atoms with van der Waals surface area (Å²) in [4.78, 5) is 11.2. The third-order valence-corrected chi connectivity index (χ3v) is 4.53. The van der Waals surface area contributed by atoms with Crippen molar-refractivity contribution in [1.82, 2.24) is 0 Å². The molecule has 3 nitrogen and oxygen atoms in total. The fourth-order valence-corrected chi connectivity index (χ4v) is 3.23. The van der Waals surface area contributed by atoms with Gasteiger partial charge in [0.05, 0.1) is 32.0 Å². The zero-order chi connectivity index (χ0) is 14.7. The van der Waals surface area contributed by atoms with Gasteiger partial charge in [-0.1, -0.05) is 29.8 Å². The highest BCUT2D eigenvalue weighted by Gasteiger charge is 2.13. The topological polar surface area (TPSA) is 54.4 Å². The Kier molecular flexibility index (Phi) is 4.52. The molecule has 0 saturated heterocycles. The Hall–Kier alpha value is -1.72. The molecule has 0 heterocycles. The molecule has 1 atom stereocenters. The van der Waals surface area contributed by atoms with Crippen molar-refractivity contribution in [3.8, 4) is 0 Å². The van der Waals surface area contributed by atoms with Crippen LogP contribution in [0.1, 0.15) is 15.9 Å². The van der Waals surface area contributed by atoms with Gasteiger partial charge < -0.3 is 5.11 Å². The van der Waals surface area contributed by atoms with Gasteiger partial charge in [-0.05, 0) is 29.8 Å². The second-order valence-corrected chi connectivity index (χ2v) is 5.87. The SMILES string of the molecule is O=C(O)c1ccc(CS(=O)c2ccccc2Cl)cc1F. The molecule has 1 unspecified atom stereocenters. The second-order valence-electron chi connectivity index (χ2n) is 4.04. The molecule has 0 aliphatic rings. The zero-order valence-corrected chi connectivity index (χ0v) is 11.7. The number of rotatable bonds is 4. The van der Waals surface area contributed by atoms with E-state index in [-0.39, 0.29) is 5.75 Å². The van der Waals surface area contributed by atoms with E-state index in [9.17, 15) is 13.4 Å². The number of carboxylic acids is 1. The molecule has 2 aromatic rings. The van der Waals surface area contributed by atoms with E-state index in [0.29, 0.717) is 15.5 Å². The maximum atomic E-state index is 13.5. The summed E-state index contributed by atoms with van der Waals surface area (Å²) < 4.78 is 25.7. The van der Waals surface area contributed by atoms with Crippen LogP contribution in [0.5, 0.6) is 0 Å². The molecular formula is C14H10ClFO3S. The summed E-state index contributed by atoms with van der Waals surface area (Å²) in [5.41, 5.74) is 0.0445. The van der Waals surface area contributed by atoms with Crippen LogP contribution in [0.4, 0.5) is 4.39 Å². The molecule has 0 aromatic heterocycles. The standard InChI is InChI=1S/C14H10ClFO3S/c15-11-3-1-2-4-13(11)20(19)8-9-5-6-10(14(17)18)12(16)7-9/h1-7H,8H2,(H,17,18). The molecule has 2 aromatic carbocycles. The van der Waals surface area contributed by atoms with Gasteiger partial charge in [-0.15, -0.1) is 0 Å². The van der Waals surface area contributed by atoms with Crippen molar-refractivity contribution in [1.29, 1.82) is 0 Å². The number of halogens is 2. The first-order valence-corrected chi connectivity index (χ1v) is 7.33. The molecule has 0 aliphatic heterocycles. The normalized spacial score (nSPS) is 12.1. The Balaban J connectivity index is 2.23. The molecule has 104 valence electrons. The molecule has 0 spiro atoms. The second kappa shape index (κ2) is 6.15. The summed E-state index contributed by atoms with van der Waals surface area (Å²) in [5, 5.41) is 9.12. The summed E-state index contributed by atoms with van der Waals surface area (Å²) in [5.74, 6) is -2.10. The average Bonchev–Trinajstić information content (AvgIpc) is 2.38. The number of benzene rings is 2. The maximum Gasteiger partial charge on any atom is 0.338 e. The molecule has 0 radical (unpaired) electrons. The van der Waals surface area contributed by atoms with E-state index in [1.165, 1.54) is 6.07 Å². The van der Waals surface area contributed by atoms with Crippen molar-refractivity contribution in [2.24, 2.45) is 0 Å². The zero-order valence-electron chi connectivity index (χ0n) is 10.2. The van der Waals surface area contributed by atoms with E-state index >= 15 is 0 Å². The molecule has 6 heteroatoms. The number of hydrogen-bond acceptors (Lipinski definition) is 2. The predicted octanol–water partition coefficient (Wildman–Crippen LogP) is 3.49. The Bertz CT molecular complexity index is 688. The third kappa shape index (κ3) is 3.23. The van der Waals surface area contributed by atoms with Crippen LogP contribution in [0.15, 0.2) is 47.4 Å². The van der Waals surface area contributed by atoms with Gasteiger partial charge in [0.15, 0.2) is 0 Å². The molecule has 0 fully saturated rings. The lowest BCUT2D eigenvalue weighted by Crippen LogP contribution is -2.03. The number of carbonyl (C=O) groups is 1. The number of carboxylic acid groups (broad SMARTS) is 1. The van der Waals surface area contributed by atoms with Gasteiger partial charge in [0.1, 0.15) is 5.82 Å². The minimum Gasteiger partial charge on any atom is -0.478 e. The van der Waals surface area contributed by atoms with Gasteiger partial charge in [0, 0.05) is 0 Å². The van der Waals surface area contributed by atoms with Crippen LogP contribution < -0.4 is 0 Å². The van der Waals surface area contributed by atoms with Crippen LogP contribution in [0.25, 0.3) is 0 Å². The van der Waals surface area contributed by atoms with Crippen LogP contribution in [0, 0.1) is 5.82 Å². The van der Waals surface area contributed by atoms with E-state index in [0.717, 1.165) is 12.1 Å². The monoisotopic (exact) mass is 312 g/mol. The van der Waals surface area contributed by atoms with Crippen LogP contribution in [0.3, 0.4) is 0 Å². The molecule has 0 aliphatic carbocycles. The molecule has 0 amide bonds. The van der Waals surface area contributed by atoms with Gasteiger partial charge in [-0.25, -0.2) is 9.18 Å². The van der Waals surface area contributed by atoms with E-state index in [4.69, 9.17) is 16.7 Å². The molecule has 2 rings (SSSR count). The summed E-state index contributed by atoms with van der Waals surface area (Å²) in [7, 11) is -1.42. The molecule has 0 saturated carbocycles. The Morgan fingerprint density at radius 1 is 1.25 bits per heavy atom. The van der Waals surface area contributed by atoms with Gasteiger partial charge in [0.25, 0.3) is 0 Å². The summed E-state index contributed by atoms with van der Waals surface area (Å²) in [6.45, 7) is 0. The highest BCUT2D eigenvalue weighted by Crippen LogP contribution is 2.22. The van der Waals surface area contributed by atoms with E-state index < -0.39 is 28.1 Å². The van der Waals surface area contributed by atoms with Crippen molar-refractivity contribution in [2.75, 3.05) is 0 Å². The van der Waals surface area contributed by atoms with Crippen LogP contribution in [0.2, 0.25) is 5.02 Å². The fourth-order valence-electron chi connectivity index (χ4n) is 1.68. The quantitative estimate of drug-likeness (QED) is 0.940. The van der Waals surface area contributed by atoms with Crippen LogP contribution in [-0.2, 0) is 16.6 Å². The summed E-state index contributed by atoms with van der Waals surface area (Å²) in [6, 6.07) is 10.4. The van der Waals surface area contributed by atoms with E-state index in [2.05, 4.69) is 0 Å². The highest BCUT2D eigenvalue weighted by atomic mass is 35.5. The van der Waals surface area contributed by atoms with Crippen molar-refractivity contribution in [3.05, 3.63) is 64.4 Å². The smallest absolute Gasteiger partial charge is 0.338 e. The maximum absolute atomic E-state index is 13.5. The third-order valence-electron chi connectivity index (χ3n) is 2.64. The van der Waals surface area contributed by atoms with E-state index in [1.54, 1.807) is 24.3 Å². The minimum atomic E-state index is -1.42. The number of hydrogen-bond donors (Lipinski definition) is 1. The molecule has 20 heavy (non-hydrogen) atoms. The average molecular weight is 313 g/mol. The van der Waals surface area contributed by atoms with E-state index in [1.807, 2.05) is 0 Å². The fraction of sp³-hybridized carbons (Fsp3) is 0.0714. The van der Waals surface area contributed by atoms with Gasteiger partial charge in [0.2, 0.25) is 0 Å². The number of aromatic carboxylic acids is 1. The Morgan fingerprint density at radius 2 is 1.95 bits per heavy atom. The predicted molar refractivity (Wildman–Crippen MR) is 74.9 cm³/mol. The first-order chi connectivity index (χ1) is 9.49. The lowest BCUT2D eigenvalue weighted by molar-refractivity contribution is 0.0692. The largest absolute Gasteiger partial charge is 0.478 e. The molecular weight excluding hydrogens is 303 g/mol. The van der Waals surface area contributed by atoms with Crippen LogP contribution in [-0.4, -0.2) is 15.3 Å². The van der Waals surface area contributed by atoms with Crippen LogP contribution >= 0.6 is 11.6 Å². The van der Waals surface area contributed by atoms with Gasteiger partial charge in [-0.2, -0.15) is 0 Å².